The van der Waals surface area contributed by atoms with Crippen LogP contribution >= 0.6 is 11.6 Å². The van der Waals surface area contributed by atoms with E-state index in [4.69, 9.17) is 11.6 Å². The molecule has 2 nitrogen and oxygen atoms in total. The molecule has 1 aromatic carbocycles. The van der Waals surface area contributed by atoms with Crippen molar-refractivity contribution in [1.29, 1.82) is 0 Å². The first-order chi connectivity index (χ1) is 7.29. The molecule has 0 bridgehead atoms. The van der Waals surface area contributed by atoms with Gasteiger partial charge < -0.3 is 10.2 Å². The lowest BCUT2D eigenvalue weighted by Gasteiger charge is -2.21. The van der Waals surface area contributed by atoms with Gasteiger partial charge in [0, 0.05) is 26.3 Å². The van der Waals surface area contributed by atoms with Gasteiger partial charge in [-0.25, -0.2) is 0 Å². The Balaban J connectivity index is 2.74. The van der Waals surface area contributed by atoms with E-state index in [9.17, 15) is 0 Å². The first-order valence-electron chi connectivity index (χ1n) is 5.50. The molecule has 16 heavy (non-hydrogen) atoms. The van der Waals surface area contributed by atoms with E-state index in [2.05, 4.69) is 32.2 Å². The lowest BCUT2D eigenvalue weighted by atomic mass is 9.97. The second kappa shape index (κ2) is 4.96. The number of nitrogens with zero attached hydrogens (tertiary/aromatic N) is 1. The number of hydrogen-bond acceptors (Lipinski definition) is 2. The Morgan fingerprint density at radius 2 is 1.88 bits per heavy atom. The summed E-state index contributed by atoms with van der Waals surface area (Å²) in [7, 11) is 3.98. The largest absolute Gasteiger partial charge is 0.384 e. The quantitative estimate of drug-likeness (QED) is 0.863. The highest BCUT2D eigenvalue weighted by Gasteiger charge is 2.10. The molecule has 0 unspecified atom stereocenters. The van der Waals surface area contributed by atoms with Gasteiger partial charge in [-0.05, 0) is 23.6 Å². The summed E-state index contributed by atoms with van der Waals surface area (Å²) in [4.78, 5) is 2.01. The molecular weight excluding hydrogens is 220 g/mol. The van der Waals surface area contributed by atoms with Gasteiger partial charge in [0.25, 0.3) is 0 Å². The molecule has 0 radical (unpaired) electrons. The standard InChI is InChI=1S/C13H21ClN2/c1-13(2,3)9-15-10-6-7-12(16(4)5)11(14)8-10/h6-8,15H,9H2,1-5H3. The van der Waals surface area contributed by atoms with Crippen LogP contribution in [-0.4, -0.2) is 20.6 Å². The highest BCUT2D eigenvalue weighted by Crippen LogP contribution is 2.27. The summed E-state index contributed by atoms with van der Waals surface area (Å²) in [5.74, 6) is 0. The molecule has 0 spiro atoms. The number of halogens is 1. The molecule has 0 aliphatic rings. The van der Waals surface area contributed by atoms with Crippen molar-refractivity contribution in [3.05, 3.63) is 23.2 Å². The Bertz CT molecular complexity index is 353. The van der Waals surface area contributed by atoms with E-state index in [0.717, 1.165) is 22.9 Å². The van der Waals surface area contributed by atoms with Crippen LogP contribution in [0.25, 0.3) is 0 Å². The van der Waals surface area contributed by atoms with Crippen LogP contribution in [0, 0.1) is 5.41 Å². The maximum Gasteiger partial charge on any atom is 0.0659 e. The number of benzene rings is 1. The zero-order valence-corrected chi connectivity index (χ0v) is 11.5. The minimum Gasteiger partial charge on any atom is -0.384 e. The van der Waals surface area contributed by atoms with Gasteiger partial charge in [0.1, 0.15) is 0 Å². The van der Waals surface area contributed by atoms with Crippen molar-refractivity contribution in [2.75, 3.05) is 30.9 Å². The Morgan fingerprint density at radius 3 is 2.31 bits per heavy atom. The third kappa shape index (κ3) is 3.93. The molecule has 0 fully saturated rings. The minimum absolute atomic E-state index is 0.271. The van der Waals surface area contributed by atoms with E-state index in [0.29, 0.717) is 0 Å². The van der Waals surface area contributed by atoms with Crippen LogP contribution in [0.2, 0.25) is 5.02 Å². The highest BCUT2D eigenvalue weighted by molar-refractivity contribution is 6.33. The molecule has 90 valence electrons. The van der Waals surface area contributed by atoms with Crippen molar-refractivity contribution in [1.82, 2.24) is 0 Å². The van der Waals surface area contributed by atoms with Crippen molar-refractivity contribution in [2.45, 2.75) is 20.8 Å². The smallest absolute Gasteiger partial charge is 0.0659 e. The number of nitrogens with one attached hydrogen (secondary N) is 1. The second-order valence-corrected chi connectivity index (χ2v) is 5.88. The van der Waals surface area contributed by atoms with E-state index in [-0.39, 0.29) is 5.41 Å². The topological polar surface area (TPSA) is 15.3 Å². The van der Waals surface area contributed by atoms with E-state index < -0.39 is 0 Å². The molecule has 1 rings (SSSR count). The lowest BCUT2D eigenvalue weighted by Crippen LogP contribution is -2.19. The fourth-order valence-electron chi connectivity index (χ4n) is 1.35. The average molecular weight is 241 g/mol. The molecule has 0 heterocycles. The maximum atomic E-state index is 6.19. The van der Waals surface area contributed by atoms with Crippen molar-refractivity contribution in [2.24, 2.45) is 5.41 Å². The van der Waals surface area contributed by atoms with E-state index in [1.54, 1.807) is 0 Å². The fraction of sp³-hybridized carbons (Fsp3) is 0.538. The summed E-state index contributed by atoms with van der Waals surface area (Å²) < 4.78 is 0. The molecule has 3 heteroatoms. The first-order valence-corrected chi connectivity index (χ1v) is 5.88. The van der Waals surface area contributed by atoms with Gasteiger partial charge in [-0.1, -0.05) is 32.4 Å². The van der Waals surface area contributed by atoms with Gasteiger partial charge in [0.2, 0.25) is 0 Å². The van der Waals surface area contributed by atoms with Crippen molar-refractivity contribution in [3.8, 4) is 0 Å². The van der Waals surface area contributed by atoms with Gasteiger partial charge in [0.05, 0.1) is 10.7 Å². The Labute approximate surface area is 104 Å². The highest BCUT2D eigenvalue weighted by atomic mass is 35.5. The Hall–Kier alpha value is -0.890. The van der Waals surface area contributed by atoms with Crippen LogP contribution in [0.5, 0.6) is 0 Å². The van der Waals surface area contributed by atoms with Crippen LogP contribution in [0.3, 0.4) is 0 Å². The predicted molar refractivity (Wildman–Crippen MR) is 73.7 cm³/mol. The van der Waals surface area contributed by atoms with Gasteiger partial charge in [-0.2, -0.15) is 0 Å². The van der Waals surface area contributed by atoms with E-state index in [1.807, 2.05) is 31.1 Å². The molecule has 0 aliphatic carbocycles. The van der Waals surface area contributed by atoms with Gasteiger partial charge in [0.15, 0.2) is 0 Å². The molecule has 0 aromatic heterocycles. The van der Waals surface area contributed by atoms with Crippen LogP contribution in [-0.2, 0) is 0 Å². The lowest BCUT2D eigenvalue weighted by molar-refractivity contribution is 0.443. The summed E-state index contributed by atoms with van der Waals surface area (Å²) in [6.07, 6.45) is 0. The fourth-order valence-corrected chi connectivity index (χ4v) is 1.70. The van der Waals surface area contributed by atoms with Crippen LogP contribution in [0.1, 0.15) is 20.8 Å². The molecule has 1 aromatic rings. The second-order valence-electron chi connectivity index (χ2n) is 5.47. The zero-order valence-electron chi connectivity index (χ0n) is 10.8. The molecule has 0 saturated heterocycles. The SMILES string of the molecule is CN(C)c1ccc(NCC(C)(C)C)cc1Cl. The van der Waals surface area contributed by atoms with Gasteiger partial charge >= 0.3 is 0 Å². The maximum absolute atomic E-state index is 6.19. The summed E-state index contributed by atoms with van der Waals surface area (Å²) in [5, 5.41) is 4.17. The predicted octanol–water partition coefficient (Wildman–Crippen LogP) is 3.86. The number of hydrogen-bond donors (Lipinski definition) is 1. The third-order valence-corrected chi connectivity index (χ3v) is 2.56. The Kier molecular flexibility index (Phi) is 4.09. The van der Waals surface area contributed by atoms with Crippen LogP contribution in [0.4, 0.5) is 11.4 Å². The third-order valence-electron chi connectivity index (χ3n) is 2.25. The summed E-state index contributed by atoms with van der Waals surface area (Å²) >= 11 is 6.19. The normalized spacial score (nSPS) is 11.4. The van der Waals surface area contributed by atoms with E-state index in [1.165, 1.54) is 0 Å². The Morgan fingerprint density at radius 1 is 1.25 bits per heavy atom. The molecular formula is C13H21ClN2. The summed E-state index contributed by atoms with van der Waals surface area (Å²) in [5.41, 5.74) is 2.39. The van der Waals surface area contributed by atoms with E-state index >= 15 is 0 Å². The summed E-state index contributed by atoms with van der Waals surface area (Å²) in [6, 6.07) is 6.07. The molecule has 0 aliphatic heterocycles. The number of anilines is 2. The molecule has 1 N–H and O–H groups in total. The van der Waals surface area contributed by atoms with Gasteiger partial charge in [-0.15, -0.1) is 0 Å². The number of rotatable bonds is 3. The minimum atomic E-state index is 0.271. The van der Waals surface area contributed by atoms with Crippen molar-refractivity contribution >= 4 is 23.0 Å². The molecule has 0 atom stereocenters. The van der Waals surface area contributed by atoms with Crippen LogP contribution in [0.15, 0.2) is 18.2 Å². The molecule has 0 amide bonds. The first kappa shape index (κ1) is 13.2. The summed E-state index contributed by atoms with van der Waals surface area (Å²) in [6.45, 7) is 7.55. The molecule has 0 saturated carbocycles. The van der Waals surface area contributed by atoms with Crippen molar-refractivity contribution in [3.63, 3.8) is 0 Å². The van der Waals surface area contributed by atoms with Gasteiger partial charge in [-0.3, -0.25) is 0 Å². The van der Waals surface area contributed by atoms with Crippen LogP contribution < -0.4 is 10.2 Å². The zero-order chi connectivity index (χ0) is 12.3. The monoisotopic (exact) mass is 240 g/mol. The average Bonchev–Trinajstić information content (AvgIpc) is 2.13. The van der Waals surface area contributed by atoms with Crippen molar-refractivity contribution < 1.29 is 0 Å².